The van der Waals surface area contributed by atoms with Gasteiger partial charge in [0.25, 0.3) is 15.0 Å². The van der Waals surface area contributed by atoms with Gasteiger partial charge in [-0.25, -0.2) is 8.42 Å². The van der Waals surface area contributed by atoms with E-state index in [2.05, 4.69) is 15.9 Å². The molecule has 1 aromatic heterocycles. The van der Waals surface area contributed by atoms with Gasteiger partial charge in [0.2, 0.25) is 0 Å². The highest BCUT2D eigenvalue weighted by molar-refractivity contribution is 9.10. The number of furan rings is 1. The van der Waals surface area contributed by atoms with Crippen LogP contribution in [0, 0.1) is 5.92 Å². The van der Waals surface area contributed by atoms with E-state index in [-0.39, 0.29) is 21.2 Å². The van der Waals surface area contributed by atoms with Crippen LogP contribution in [0.5, 0.6) is 0 Å². The number of carbonyl (C=O) groups excluding carboxylic acids is 1. The highest BCUT2D eigenvalue weighted by atomic mass is 79.9. The van der Waals surface area contributed by atoms with Gasteiger partial charge in [0.1, 0.15) is 4.90 Å². The first-order valence-electron chi connectivity index (χ1n) is 6.23. The van der Waals surface area contributed by atoms with Gasteiger partial charge in [0, 0.05) is 29.8 Å². The van der Waals surface area contributed by atoms with Crippen LogP contribution in [0.1, 0.15) is 37.7 Å². The molecule has 0 spiro atoms. The van der Waals surface area contributed by atoms with Crippen LogP contribution in [-0.2, 0) is 9.05 Å². The van der Waals surface area contributed by atoms with E-state index in [0.717, 1.165) is 12.5 Å². The molecular formula is C12H17BrClNO4S. The van der Waals surface area contributed by atoms with Gasteiger partial charge >= 0.3 is 0 Å². The molecule has 8 heteroatoms. The minimum atomic E-state index is -3.95. The number of hydrogen-bond acceptors (Lipinski definition) is 4. The van der Waals surface area contributed by atoms with Crippen molar-refractivity contribution in [2.75, 3.05) is 13.1 Å². The smallest absolute Gasteiger partial charge is 0.289 e. The van der Waals surface area contributed by atoms with Gasteiger partial charge in [0.05, 0.1) is 0 Å². The quantitative estimate of drug-likeness (QED) is 0.702. The minimum absolute atomic E-state index is 0.0405. The third kappa shape index (κ3) is 4.23. The number of rotatable bonds is 6. The van der Waals surface area contributed by atoms with E-state index < -0.39 is 9.05 Å². The van der Waals surface area contributed by atoms with E-state index in [1.807, 2.05) is 20.8 Å². The van der Waals surface area contributed by atoms with E-state index in [1.165, 1.54) is 0 Å². The molecule has 0 N–H and O–H groups in total. The number of hydrogen-bond donors (Lipinski definition) is 0. The second kappa shape index (κ2) is 6.95. The Hall–Kier alpha value is -0.530. The molecule has 0 aliphatic rings. The highest BCUT2D eigenvalue weighted by Crippen LogP contribution is 2.29. The van der Waals surface area contributed by atoms with Crippen molar-refractivity contribution in [1.29, 1.82) is 0 Å². The monoisotopic (exact) mass is 385 g/mol. The molecule has 114 valence electrons. The molecule has 1 unspecified atom stereocenters. The largest absolute Gasteiger partial charge is 0.443 e. The Morgan fingerprint density at radius 3 is 2.50 bits per heavy atom. The standard InChI is InChI=1S/C12H17BrClNO4S/c1-4-8(3)7-15(5-2)12(16)9-6-10(11(13)19-9)20(14,17)18/h6,8H,4-5,7H2,1-3H3. The average molecular weight is 387 g/mol. The Morgan fingerprint density at radius 2 is 2.10 bits per heavy atom. The molecule has 20 heavy (non-hydrogen) atoms. The summed E-state index contributed by atoms with van der Waals surface area (Å²) in [5.74, 6) is -0.0325. The van der Waals surface area contributed by atoms with Crippen molar-refractivity contribution in [2.24, 2.45) is 5.92 Å². The number of halogens is 2. The summed E-state index contributed by atoms with van der Waals surface area (Å²) in [4.78, 5) is 13.7. The SMILES string of the molecule is CCC(C)CN(CC)C(=O)c1cc(S(=O)(=O)Cl)c(Br)o1. The molecule has 0 fully saturated rings. The van der Waals surface area contributed by atoms with Crippen molar-refractivity contribution in [3.8, 4) is 0 Å². The molecule has 5 nitrogen and oxygen atoms in total. The molecule has 0 aliphatic heterocycles. The van der Waals surface area contributed by atoms with Crippen molar-refractivity contribution in [2.45, 2.75) is 32.1 Å². The average Bonchev–Trinajstić information content (AvgIpc) is 2.76. The highest BCUT2D eigenvalue weighted by Gasteiger charge is 2.26. The molecule has 1 rings (SSSR count). The number of amides is 1. The molecule has 0 saturated carbocycles. The van der Waals surface area contributed by atoms with E-state index in [1.54, 1.807) is 4.90 Å². The lowest BCUT2D eigenvalue weighted by Crippen LogP contribution is -2.34. The van der Waals surface area contributed by atoms with Gasteiger partial charge in [0.15, 0.2) is 10.4 Å². The first-order valence-corrected chi connectivity index (χ1v) is 9.34. The molecule has 0 aromatic carbocycles. The zero-order valence-corrected chi connectivity index (χ0v) is 14.7. The molecule has 1 atom stereocenters. The van der Waals surface area contributed by atoms with Crippen LogP contribution < -0.4 is 0 Å². The number of nitrogens with zero attached hydrogens (tertiary/aromatic N) is 1. The van der Waals surface area contributed by atoms with Gasteiger partial charge in [-0.2, -0.15) is 0 Å². The van der Waals surface area contributed by atoms with Gasteiger partial charge in [-0.1, -0.05) is 20.3 Å². The summed E-state index contributed by atoms with van der Waals surface area (Å²) in [6.45, 7) is 7.06. The predicted molar refractivity (Wildman–Crippen MR) is 80.5 cm³/mol. The molecule has 0 radical (unpaired) electrons. The van der Waals surface area contributed by atoms with Crippen LogP contribution in [0.3, 0.4) is 0 Å². The van der Waals surface area contributed by atoms with Gasteiger partial charge in [-0.3, -0.25) is 4.79 Å². The van der Waals surface area contributed by atoms with Crippen molar-refractivity contribution < 1.29 is 17.6 Å². The summed E-state index contributed by atoms with van der Waals surface area (Å²) in [7, 11) is 1.31. The predicted octanol–water partition coefficient (Wildman–Crippen LogP) is 3.48. The van der Waals surface area contributed by atoms with Gasteiger partial charge < -0.3 is 9.32 Å². The Labute approximate surface area is 131 Å². The first kappa shape index (κ1) is 17.5. The lowest BCUT2D eigenvalue weighted by molar-refractivity contribution is 0.0707. The second-order valence-electron chi connectivity index (χ2n) is 4.54. The van der Waals surface area contributed by atoms with E-state index >= 15 is 0 Å². The fourth-order valence-electron chi connectivity index (χ4n) is 1.64. The van der Waals surface area contributed by atoms with Crippen LogP contribution in [0.2, 0.25) is 0 Å². The zero-order chi connectivity index (χ0) is 15.5. The molecule has 1 amide bonds. The molecule has 0 aliphatic carbocycles. The maximum absolute atomic E-state index is 12.3. The van der Waals surface area contributed by atoms with Crippen LogP contribution in [-0.4, -0.2) is 32.3 Å². The maximum Gasteiger partial charge on any atom is 0.289 e. The van der Waals surface area contributed by atoms with Crippen molar-refractivity contribution in [3.05, 3.63) is 16.5 Å². The maximum atomic E-state index is 12.3. The molecule has 0 saturated heterocycles. The summed E-state index contributed by atoms with van der Waals surface area (Å²) < 4.78 is 27.7. The van der Waals surface area contributed by atoms with Gasteiger partial charge in [-0.05, 0) is 28.8 Å². The lowest BCUT2D eigenvalue weighted by atomic mass is 10.1. The summed E-state index contributed by atoms with van der Waals surface area (Å²) in [5.41, 5.74) is 0. The minimum Gasteiger partial charge on any atom is -0.443 e. The normalized spacial score (nSPS) is 13.2. The Morgan fingerprint density at radius 1 is 1.50 bits per heavy atom. The van der Waals surface area contributed by atoms with Crippen LogP contribution in [0.15, 0.2) is 20.0 Å². The zero-order valence-electron chi connectivity index (χ0n) is 11.5. The Kier molecular flexibility index (Phi) is 6.09. The van der Waals surface area contributed by atoms with E-state index in [9.17, 15) is 13.2 Å². The Balaban J connectivity index is 3.02. The molecule has 1 aromatic rings. The summed E-state index contributed by atoms with van der Waals surface area (Å²) in [5, 5.41) is 0. The molecular weight excluding hydrogens is 370 g/mol. The molecule has 0 bridgehead atoms. The van der Waals surface area contributed by atoms with Crippen molar-refractivity contribution in [3.63, 3.8) is 0 Å². The number of carbonyl (C=O) groups is 1. The summed E-state index contributed by atoms with van der Waals surface area (Å²) in [6, 6.07) is 1.15. The van der Waals surface area contributed by atoms with Crippen LogP contribution >= 0.6 is 26.6 Å². The van der Waals surface area contributed by atoms with E-state index in [0.29, 0.717) is 19.0 Å². The topological polar surface area (TPSA) is 67.6 Å². The fraction of sp³-hybridized carbons (Fsp3) is 0.583. The fourth-order valence-corrected chi connectivity index (χ4v) is 3.67. The lowest BCUT2D eigenvalue weighted by Gasteiger charge is -2.22. The third-order valence-corrected chi connectivity index (χ3v) is 5.21. The molecule has 1 heterocycles. The third-order valence-electron chi connectivity index (χ3n) is 3.03. The van der Waals surface area contributed by atoms with Crippen molar-refractivity contribution >= 4 is 41.6 Å². The van der Waals surface area contributed by atoms with Crippen LogP contribution in [0.25, 0.3) is 0 Å². The summed E-state index contributed by atoms with van der Waals surface area (Å²) >= 11 is 2.96. The summed E-state index contributed by atoms with van der Waals surface area (Å²) in [6.07, 6.45) is 0.951. The first-order chi connectivity index (χ1) is 9.20. The van der Waals surface area contributed by atoms with E-state index in [4.69, 9.17) is 15.1 Å². The van der Waals surface area contributed by atoms with Gasteiger partial charge in [-0.15, -0.1) is 0 Å². The Bertz CT molecular complexity index is 584. The van der Waals surface area contributed by atoms with Crippen molar-refractivity contribution in [1.82, 2.24) is 4.90 Å². The van der Waals surface area contributed by atoms with Crippen LogP contribution in [0.4, 0.5) is 0 Å². The second-order valence-corrected chi connectivity index (χ2v) is 7.80.